The van der Waals surface area contributed by atoms with Crippen molar-refractivity contribution in [2.45, 2.75) is 12.3 Å². The Labute approximate surface area is 117 Å². The van der Waals surface area contributed by atoms with E-state index in [2.05, 4.69) is 15.9 Å². The number of carbonyl (C=O) groups is 2. The third kappa shape index (κ3) is 2.03. The van der Waals surface area contributed by atoms with Crippen LogP contribution in [0.25, 0.3) is 0 Å². The predicted molar refractivity (Wildman–Crippen MR) is 70.5 cm³/mol. The molecule has 1 aliphatic rings. The number of hydrogen-bond acceptors (Lipinski definition) is 4. The molecule has 1 aromatic carbocycles. The number of carbonyl (C=O) groups excluding carboxylic acids is 2. The van der Waals surface area contributed by atoms with Crippen molar-refractivity contribution in [1.82, 2.24) is 4.90 Å². The highest BCUT2D eigenvalue weighted by molar-refractivity contribution is 9.10. The highest BCUT2D eigenvalue weighted by Gasteiger charge is 2.49. The Hall–Kier alpha value is -1.76. The molecule has 6 nitrogen and oxygen atoms in total. The fourth-order valence-corrected chi connectivity index (χ4v) is 2.69. The number of nitrogens with zero attached hydrogens (tertiary/aromatic N) is 2. The smallest absolute Gasteiger partial charge is 0.260 e. The fraction of sp³-hybridized carbons (Fsp3) is 0.333. The number of hydrogen-bond donors (Lipinski definition) is 0. The van der Waals surface area contributed by atoms with Crippen LogP contribution in [0.5, 0.6) is 0 Å². The van der Waals surface area contributed by atoms with Gasteiger partial charge in [-0.3, -0.25) is 24.6 Å². The molecule has 0 fully saturated rings. The average Bonchev–Trinajstić information content (AvgIpc) is 2.33. The van der Waals surface area contributed by atoms with Gasteiger partial charge in [0.05, 0.1) is 0 Å². The maximum Gasteiger partial charge on any atom is 0.260 e. The van der Waals surface area contributed by atoms with Crippen LogP contribution < -0.4 is 0 Å². The van der Waals surface area contributed by atoms with E-state index in [1.165, 1.54) is 14.0 Å². The molecule has 0 radical (unpaired) electrons. The molecule has 2 amide bonds. The summed E-state index contributed by atoms with van der Waals surface area (Å²) in [5.41, 5.74) is -0.605. The van der Waals surface area contributed by atoms with E-state index in [1.807, 2.05) is 0 Å². The number of likely N-dealkylation sites (N-methyl/N-ethyl adjacent to an activating group) is 1. The Kier molecular flexibility index (Phi) is 3.17. The van der Waals surface area contributed by atoms with E-state index < -0.39 is 28.7 Å². The maximum atomic E-state index is 12.3. The molecule has 0 saturated carbocycles. The largest absolute Gasteiger partial charge is 0.281 e. The summed E-state index contributed by atoms with van der Waals surface area (Å²) < 4.78 is 0.672. The zero-order chi connectivity index (χ0) is 14.4. The number of halogens is 1. The van der Waals surface area contributed by atoms with E-state index in [0.29, 0.717) is 15.6 Å². The Balaban J connectivity index is 2.70. The average molecular weight is 327 g/mol. The second kappa shape index (κ2) is 4.41. The predicted octanol–water partition coefficient (Wildman–Crippen LogP) is 1.60. The molecule has 0 aliphatic carbocycles. The van der Waals surface area contributed by atoms with E-state index in [9.17, 15) is 19.7 Å². The van der Waals surface area contributed by atoms with E-state index in [1.54, 1.807) is 18.2 Å². The van der Waals surface area contributed by atoms with Crippen molar-refractivity contribution in [3.05, 3.63) is 43.9 Å². The van der Waals surface area contributed by atoms with Crippen LogP contribution >= 0.6 is 15.9 Å². The Morgan fingerprint density at radius 2 is 2.05 bits per heavy atom. The van der Waals surface area contributed by atoms with Crippen LogP contribution in [0.1, 0.15) is 22.8 Å². The first-order valence-corrected chi connectivity index (χ1v) is 6.31. The van der Waals surface area contributed by atoms with Gasteiger partial charge in [0.2, 0.25) is 12.5 Å². The molecule has 1 aromatic rings. The SMILES string of the molecule is CN1C(=O)c2ccc(Br)cc2C(C)(C[N+](=O)[O-])C1=O. The fourth-order valence-electron chi connectivity index (χ4n) is 2.33. The number of imide groups is 1. The highest BCUT2D eigenvalue weighted by Crippen LogP contribution is 2.36. The quantitative estimate of drug-likeness (QED) is 0.469. The monoisotopic (exact) mass is 326 g/mol. The molecule has 1 unspecified atom stereocenters. The van der Waals surface area contributed by atoms with E-state index in [-0.39, 0.29) is 0 Å². The lowest BCUT2D eigenvalue weighted by atomic mass is 9.75. The molecule has 0 bridgehead atoms. The number of rotatable bonds is 2. The summed E-state index contributed by atoms with van der Waals surface area (Å²) in [6.45, 7) is 0.944. The molecule has 1 aliphatic heterocycles. The molecule has 0 saturated heterocycles. The zero-order valence-corrected chi connectivity index (χ0v) is 11.9. The highest BCUT2D eigenvalue weighted by atomic mass is 79.9. The lowest BCUT2D eigenvalue weighted by molar-refractivity contribution is -0.487. The molecule has 1 heterocycles. The first-order chi connectivity index (χ1) is 8.77. The van der Waals surface area contributed by atoms with Gasteiger partial charge >= 0.3 is 0 Å². The summed E-state index contributed by atoms with van der Waals surface area (Å²) in [5, 5.41) is 10.8. The molecule has 2 rings (SSSR count). The van der Waals surface area contributed by atoms with E-state index in [4.69, 9.17) is 0 Å². The van der Waals surface area contributed by atoms with Crippen molar-refractivity contribution >= 4 is 27.7 Å². The van der Waals surface area contributed by atoms with Crippen LogP contribution in [-0.2, 0) is 10.2 Å². The minimum absolute atomic E-state index is 0.328. The van der Waals surface area contributed by atoms with Gasteiger partial charge in [-0.2, -0.15) is 0 Å². The number of nitro groups is 1. The van der Waals surface area contributed by atoms with Crippen molar-refractivity contribution < 1.29 is 14.5 Å². The van der Waals surface area contributed by atoms with Crippen LogP contribution in [0.2, 0.25) is 0 Å². The van der Waals surface area contributed by atoms with Gasteiger partial charge in [0.25, 0.3) is 5.91 Å². The minimum atomic E-state index is -1.33. The van der Waals surface area contributed by atoms with Crippen molar-refractivity contribution in [1.29, 1.82) is 0 Å². The van der Waals surface area contributed by atoms with Crippen molar-refractivity contribution in [3.8, 4) is 0 Å². The van der Waals surface area contributed by atoms with E-state index in [0.717, 1.165) is 4.90 Å². The Bertz CT molecular complexity index is 601. The first kappa shape index (κ1) is 13.7. The molecular weight excluding hydrogens is 316 g/mol. The van der Waals surface area contributed by atoms with Gasteiger partial charge in [-0.15, -0.1) is 0 Å². The summed E-state index contributed by atoms with van der Waals surface area (Å²) in [7, 11) is 1.34. The van der Waals surface area contributed by atoms with Crippen molar-refractivity contribution in [3.63, 3.8) is 0 Å². The summed E-state index contributed by atoms with van der Waals surface area (Å²) in [5.74, 6) is -0.992. The second-order valence-electron chi connectivity index (χ2n) is 4.68. The van der Waals surface area contributed by atoms with Crippen LogP contribution in [0.4, 0.5) is 0 Å². The molecule has 0 N–H and O–H groups in total. The van der Waals surface area contributed by atoms with Crippen LogP contribution in [-0.4, -0.2) is 35.2 Å². The van der Waals surface area contributed by atoms with Crippen LogP contribution in [0.15, 0.2) is 22.7 Å². The molecule has 0 aromatic heterocycles. The molecule has 0 spiro atoms. The molecule has 1 atom stereocenters. The lowest BCUT2D eigenvalue weighted by Crippen LogP contribution is -2.54. The van der Waals surface area contributed by atoms with Gasteiger partial charge in [-0.05, 0) is 30.7 Å². The number of benzene rings is 1. The summed E-state index contributed by atoms with van der Waals surface area (Å²) in [4.78, 5) is 35.5. The van der Waals surface area contributed by atoms with Gasteiger partial charge < -0.3 is 0 Å². The van der Waals surface area contributed by atoms with Gasteiger partial charge in [0.1, 0.15) is 5.41 Å². The summed E-state index contributed by atoms with van der Waals surface area (Å²) in [6, 6.07) is 4.84. The third-order valence-corrected chi connectivity index (χ3v) is 3.83. The third-order valence-electron chi connectivity index (χ3n) is 3.33. The normalized spacial score (nSPS) is 22.4. The molecule has 100 valence electrons. The first-order valence-electron chi connectivity index (χ1n) is 5.51. The molecule has 7 heteroatoms. The molecular formula is C12H11BrN2O4. The number of amides is 2. The maximum absolute atomic E-state index is 12.3. The van der Waals surface area contributed by atoms with Crippen molar-refractivity contribution in [2.24, 2.45) is 0 Å². The Morgan fingerprint density at radius 3 is 2.63 bits per heavy atom. The topological polar surface area (TPSA) is 80.5 Å². The summed E-state index contributed by atoms with van der Waals surface area (Å²) in [6.07, 6.45) is 0. The standard InChI is InChI=1S/C12H11BrN2O4/c1-12(6-15(18)19)9-5-7(13)3-4-8(9)10(16)14(2)11(12)17/h3-5H,6H2,1-2H3. The van der Waals surface area contributed by atoms with Crippen LogP contribution in [0.3, 0.4) is 0 Å². The van der Waals surface area contributed by atoms with Crippen LogP contribution in [0, 0.1) is 10.1 Å². The zero-order valence-electron chi connectivity index (χ0n) is 10.3. The van der Waals surface area contributed by atoms with Gasteiger partial charge in [0, 0.05) is 22.0 Å². The van der Waals surface area contributed by atoms with Gasteiger partial charge in [-0.1, -0.05) is 15.9 Å². The van der Waals surface area contributed by atoms with Crippen molar-refractivity contribution in [2.75, 3.05) is 13.6 Å². The summed E-state index contributed by atoms with van der Waals surface area (Å²) >= 11 is 3.26. The number of fused-ring (bicyclic) bond motifs is 1. The van der Waals surface area contributed by atoms with Gasteiger partial charge in [0.15, 0.2) is 0 Å². The Morgan fingerprint density at radius 1 is 1.42 bits per heavy atom. The minimum Gasteiger partial charge on any atom is -0.281 e. The van der Waals surface area contributed by atoms with E-state index >= 15 is 0 Å². The molecule has 19 heavy (non-hydrogen) atoms. The lowest BCUT2D eigenvalue weighted by Gasteiger charge is -2.35. The van der Waals surface area contributed by atoms with Gasteiger partial charge in [-0.25, -0.2) is 0 Å². The second-order valence-corrected chi connectivity index (χ2v) is 5.60.